The molecule has 0 amide bonds. The summed E-state index contributed by atoms with van der Waals surface area (Å²) in [4.78, 5) is 4.44. The Bertz CT molecular complexity index is 694. The molecule has 0 saturated carbocycles. The maximum absolute atomic E-state index is 8.60. The van der Waals surface area contributed by atoms with E-state index >= 15 is 0 Å². The van der Waals surface area contributed by atoms with Crippen molar-refractivity contribution in [2.24, 2.45) is 0 Å². The van der Waals surface area contributed by atoms with Crippen LogP contribution in [0.4, 0.5) is 0 Å². The van der Waals surface area contributed by atoms with E-state index in [-0.39, 0.29) is 17.0 Å². The van der Waals surface area contributed by atoms with Crippen LogP contribution in [-0.2, 0) is 6.54 Å². The van der Waals surface area contributed by atoms with Gasteiger partial charge in [-0.05, 0) is 12.1 Å². The van der Waals surface area contributed by atoms with Gasteiger partial charge in [0.15, 0.2) is 23.9 Å². The van der Waals surface area contributed by atoms with Crippen LogP contribution in [0.15, 0.2) is 48.9 Å². The predicted molar refractivity (Wildman–Crippen MR) is 64.2 cm³/mol. The van der Waals surface area contributed by atoms with Gasteiger partial charge >= 0.3 is 0 Å². The lowest BCUT2D eigenvalue weighted by molar-refractivity contribution is -0.685. The van der Waals surface area contributed by atoms with Gasteiger partial charge < -0.3 is 17.0 Å². The van der Waals surface area contributed by atoms with Crippen LogP contribution in [0.1, 0.15) is 0 Å². The molecule has 0 aliphatic carbocycles. The van der Waals surface area contributed by atoms with Gasteiger partial charge in [-0.2, -0.15) is 9.83 Å². The summed E-state index contributed by atoms with van der Waals surface area (Å²) in [6.45, 7) is 0.346. The number of halogens is 1. The second kappa shape index (κ2) is 5.59. The molecule has 3 heterocycles. The molecule has 0 unspecified atom stereocenters. The zero-order chi connectivity index (χ0) is 12.4. The van der Waals surface area contributed by atoms with Gasteiger partial charge in [0.1, 0.15) is 6.07 Å². The molecule has 3 aromatic heterocycles. The standard InChI is InChI=1S/C13H10N5.BrH/c14-6-10-17-8-4-11(5-9-17)13-15-12-3-1-2-7-18(12)16-13;/h1-5,7-9H,10H2;1H/q+1;/p-1. The summed E-state index contributed by atoms with van der Waals surface area (Å²) in [6, 6.07) is 11.7. The second-order valence-electron chi connectivity index (χ2n) is 3.86. The molecule has 0 atom stereocenters. The number of hydrogen-bond donors (Lipinski definition) is 0. The molecule has 94 valence electrons. The second-order valence-corrected chi connectivity index (χ2v) is 3.86. The number of nitrogens with zero attached hydrogens (tertiary/aromatic N) is 5. The van der Waals surface area contributed by atoms with E-state index in [4.69, 9.17) is 5.26 Å². The average Bonchev–Trinajstić information content (AvgIpc) is 2.84. The van der Waals surface area contributed by atoms with Crippen molar-refractivity contribution in [2.45, 2.75) is 6.54 Å². The van der Waals surface area contributed by atoms with Gasteiger partial charge in [0.05, 0.1) is 0 Å². The smallest absolute Gasteiger partial charge is 0.233 e. The van der Waals surface area contributed by atoms with E-state index in [0.717, 1.165) is 11.2 Å². The minimum absolute atomic E-state index is 0. The Morgan fingerprint density at radius 3 is 2.68 bits per heavy atom. The van der Waals surface area contributed by atoms with Crippen LogP contribution in [0.2, 0.25) is 0 Å². The topological polar surface area (TPSA) is 57.9 Å². The van der Waals surface area contributed by atoms with Gasteiger partial charge in [-0.25, -0.2) is 9.50 Å². The summed E-state index contributed by atoms with van der Waals surface area (Å²) < 4.78 is 3.55. The van der Waals surface area contributed by atoms with Gasteiger partial charge in [-0.3, -0.25) is 0 Å². The highest BCUT2D eigenvalue weighted by Crippen LogP contribution is 2.13. The van der Waals surface area contributed by atoms with Crippen LogP contribution >= 0.6 is 0 Å². The zero-order valence-corrected chi connectivity index (χ0v) is 11.5. The van der Waals surface area contributed by atoms with E-state index in [1.807, 2.05) is 48.9 Å². The van der Waals surface area contributed by atoms with E-state index in [1.54, 1.807) is 9.08 Å². The van der Waals surface area contributed by atoms with Crippen LogP contribution in [-0.4, -0.2) is 14.6 Å². The molecular weight excluding hydrogens is 306 g/mol. The molecule has 5 nitrogen and oxygen atoms in total. The monoisotopic (exact) mass is 315 g/mol. The Morgan fingerprint density at radius 2 is 2.00 bits per heavy atom. The van der Waals surface area contributed by atoms with E-state index < -0.39 is 0 Å². The van der Waals surface area contributed by atoms with Gasteiger partial charge in [0.25, 0.3) is 0 Å². The first-order valence-corrected chi connectivity index (χ1v) is 5.55. The number of hydrogen-bond acceptors (Lipinski definition) is 3. The van der Waals surface area contributed by atoms with Crippen molar-refractivity contribution in [2.75, 3.05) is 0 Å². The van der Waals surface area contributed by atoms with E-state index in [9.17, 15) is 0 Å². The number of rotatable bonds is 2. The largest absolute Gasteiger partial charge is 1.00 e. The Kier molecular flexibility index (Phi) is 3.88. The van der Waals surface area contributed by atoms with Crippen LogP contribution in [0.3, 0.4) is 0 Å². The Hall–Kier alpha value is -2.26. The molecule has 0 radical (unpaired) electrons. The first-order valence-electron chi connectivity index (χ1n) is 5.55. The number of pyridine rings is 2. The fourth-order valence-electron chi connectivity index (χ4n) is 1.75. The van der Waals surface area contributed by atoms with Crippen LogP contribution in [0, 0.1) is 11.3 Å². The molecule has 0 aromatic carbocycles. The third-order valence-electron chi connectivity index (χ3n) is 2.64. The van der Waals surface area contributed by atoms with Crippen molar-refractivity contribution in [1.29, 1.82) is 5.26 Å². The number of fused-ring (bicyclic) bond motifs is 1. The molecule has 0 fully saturated rings. The zero-order valence-electron chi connectivity index (χ0n) is 9.94. The summed E-state index contributed by atoms with van der Waals surface area (Å²) in [5.41, 5.74) is 1.76. The summed E-state index contributed by atoms with van der Waals surface area (Å²) in [6.07, 6.45) is 5.57. The van der Waals surface area contributed by atoms with E-state index in [0.29, 0.717) is 12.4 Å². The lowest BCUT2D eigenvalue weighted by Crippen LogP contribution is -3.00. The SMILES string of the molecule is N#CC[n+]1ccc(-c2nc3ccccn3n2)cc1.[Br-]. The van der Waals surface area contributed by atoms with Gasteiger partial charge in [-0.15, -0.1) is 5.10 Å². The molecule has 3 aromatic rings. The minimum atomic E-state index is 0. The molecule has 0 bridgehead atoms. The van der Waals surface area contributed by atoms with Crippen molar-refractivity contribution in [3.05, 3.63) is 48.9 Å². The Labute approximate surface area is 120 Å². The first kappa shape index (κ1) is 13.2. The highest BCUT2D eigenvalue weighted by atomic mass is 79.9. The third kappa shape index (κ3) is 2.61. The van der Waals surface area contributed by atoms with Crippen molar-refractivity contribution < 1.29 is 21.5 Å². The summed E-state index contributed by atoms with van der Waals surface area (Å²) in [5.74, 6) is 0.685. The predicted octanol–water partition coefficient (Wildman–Crippen LogP) is -1.79. The molecule has 3 rings (SSSR count). The van der Waals surface area contributed by atoms with E-state index in [2.05, 4.69) is 16.2 Å². The molecule has 19 heavy (non-hydrogen) atoms. The summed E-state index contributed by atoms with van der Waals surface area (Å²) >= 11 is 0. The van der Waals surface area contributed by atoms with Crippen molar-refractivity contribution in [1.82, 2.24) is 14.6 Å². The first-order chi connectivity index (χ1) is 8.86. The van der Waals surface area contributed by atoms with Crippen LogP contribution in [0.25, 0.3) is 17.0 Å². The summed E-state index contributed by atoms with van der Waals surface area (Å²) in [7, 11) is 0. The van der Waals surface area contributed by atoms with Crippen LogP contribution in [0.5, 0.6) is 0 Å². The lowest BCUT2D eigenvalue weighted by atomic mass is 10.2. The number of aromatic nitrogens is 4. The fourth-order valence-corrected chi connectivity index (χ4v) is 1.75. The van der Waals surface area contributed by atoms with Gasteiger partial charge in [0.2, 0.25) is 6.54 Å². The molecule has 0 aliphatic heterocycles. The lowest BCUT2D eigenvalue weighted by Gasteiger charge is -1.92. The maximum Gasteiger partial charge on any atom is 0.233 e. The normalized spacial score (nSPS) is 9.84. The van der Waals surface area contributed by atoms with E-state index in [1.165, 1.54) is 0 Å². The quantitative estimate of drug-likeness (QED) is 0.525. The van der Waals surface area contributed by atoms with Gasteiger partial charge in [0, 0.05) is 23.9 Å². The molecule has 0 N–H and O–H groups in total. The molecule has 0 aliphatic rings. The highest BCUT2D eigenvalue weighted by molar-refractivity contribution is 5.56. The van der Waals surface area contributed by atoms with Crippen molar-refractivity contribution in [3.63, 3.8) is 0 Å². The Balaban J connectivity index is 0.00000133. The Morgan fingerprint density at radius 1 is 1.21 bits per heavy atom. The highest BCUT2D eigenvalue weighted by Gasteiger charge is 2.07. The van der Waals surface area contributed by atoms with Crippen molar-refractivity contribution in [3.8, 4) is 17.5 Å². The van der Waals surface area contributed by atoms with Crippen LogP contribution < -0.4 is 21.5 Å². The molecule has 6 heteroatoms. The molecule has 0 saturated heterocycles. The molecular formula is C13H10BrN5. The fraction of sp³-hybridized carbons (Fsp3) is 0.0769. The minimum Gasteiger partial charge on any atom is -1.00 e. The number of nitriles is 1. The van der Waals surface area contributed by atoms with Crippen molar-refractivity contribution >= 4 is 5.65 Å². The van der Waals surface area contributed by atoms with Gasteiger partial charge in [-0.1, -0.05) is 6.07 Å². The average molecular weight is 316 g/mol. The summed E-state index contributed by atoms with van der Waals surface area (Å²) in [5, 5.41) is 13.0. The third-order valence-corrected chi connectivity index (χ3v) is 2.64. The maximum atomic E-state index is 8.60. The molecule has 0 spiro atoms.